The highest BCUT2D eigenvalue weighted by Gasteiger charge is 2.85. The Bertz CT molecular complexity index is 496. The topological polar surface area (TPSA) is 9.23 Å². The standard InChI is InChI=1S/C9H4F15IO/c10-3(11,1-2-25)4(12,13)5(14,15)8(21,22)26-9(23,24)6(16,17)7(18,19)20/h1-2H2. The molecule has 0 aliphatic heterocycles. The van der Waals surface area contributed by atoms with E-state index in [1.807, 2.05) is 0 Å². The van der Waals surface area contributed by atoms with E-state index in [2.05, 4.69) is 0 Å². The van der Waals surface area contributed by atoms with Gasteiger partial charge in [-0.05, 0) is 0 Å². The lowest BCUT2D eigenvalue weighted by Gasteiger charge is -2.38. The van der Waals surface area contributed by atoms with Gasteiger partial charge < -0.3 is 0 Å². The van der Waals surface area contributed by atoms with E-state index in [0.29, 0.717) is 0 Å². The summed E-state index contributed by atoms with van der Waals surface area (Å²) in [7, 11) is 0. The molecule has 0 saturated heterocycles. The van der Waals surface area contributed by atoms with Crippen molar-refractivity contribution in [2.24, 2.45) is 0 Å². The maximum Gasteiger partial charge on any atom is 0.462 e. The Morgan fingerprint density at radius 1 is 0.538 bits per heavy atom. The molecule has 17 heteroatoms. The van der Waals surface area contributed by atoms with Gasteiger partial charge in [0.05, 0.1) is 0 Å². The summed E-state index contributed by atoms with van der Waals surface area (Å²) in [6.45, 7) is 0. The van der Waals surface area contributed by atoms with Crippen molar-refractivity contribution in [3.63, 3.8) is 0 Å². The first-order valence-electron chi connectivity index (χ1n) is 5.61. The van der Waals surface area contributed by atoms with E-state index >= 15 is 0 Å². The van der Waals surface area contributed by atoms with Crippen LogP contribution in [0.3, 0.4) is 0 Å². The molecular weight excluding hydrogens is 536 g/mol. The van der Waals surface area contributed by atoms with Crippen molar-refractivity contribution >= 4 is 22.6 Å². The van der Waals surface area contributed by atoms with Gasteiger partial charge in [0.25, 0.3) is 0 Å². The summed E-state index contributed by atoms with van der Waals surface area (Å²) >= 11 is 0.922. The van der Waals surface area contributed by atoms with Crippen molar-refractivity contribution < 1.29 is 70.6 Å². The second-order valence-electron chi connectivity index (χ2n) is 4.50. The highest BCUT2D eigenvalue weighted by molar-refractivity contribution is 14.1. The predicted molar refractivity (Wildman–Crippen MR) is 60.3 cm³/mol. The lowest BCUT2D eigenvalue weighted by molar-refractivity contribution is -0.515. The van der Waals surface area contributed by atoms with Crippen LogP contribution in [0.15, 0.2) is 0 Å². The van der Waals surface area contributed by atoms with Crippen LogP contribution in [0.2, 0.25) is 0 Å². The van der Waals surface area contributed by atoms with E-state index in [-0.39, 0.29) is 0 Å². The van der Waals surface area contributed by atoms with Crippen molar-refractivity contribution in [1.29, 1.82) is 0 Å². The summed E-state index contributed by atoms with van der Waals surface area (Å²) in [6, 6.07) is 0. The molecule has 0 saturated carbocycles. The molecule has 1 nitrogen and oxygen atoms in total. The largest absolute Gasteiger partial charge is 0.462 e. The molecule has 0 aromatic rings. The van der Waals surface area contributed by atoms with Crippen LogP contribution in [0.4, 0.5) is 65.9 Å². The van der Waals surface area contributed by atoms with E-state index in [4.69, 9.17) is 0 Å². The third-order valence-corrected chi connectivity index (χ3v) is 3.15. The van der Waals surface area contributed by atoms with Gasteiger partial charge in [-0.2, -0.15) is 65.9 Å². The first kappa shape index (κ1) is 25.6. The van der Waals surface area contributed by atoms with Gasteiger partial charge in [0.2, 0.25) is 0 Å². The molecule has 0 amide bonds. The Hall–Kier alpha value is -0.360. The van der Waals surface area contributed by atoms with E-state index in [1.54, 1.807) is 0 Å². The Labute approximate surface area is 147 Å². The summed E-state index contributed by atoms with van der Waals surface area (Å²) < 4.78 is 189. The number of hydrogen-bond donors (Lipinski definition) is 0. The van der Waals surface area contributed by atoms with Crippen molar-refractivity contribution in [3.8, 4) is 0 Å². The summed E-state index contributed by atoms with van der Waals surface area (Å²) in [5.74, 6) is -28.3. The molecule has 0 N–H and O–H groups in total. The van der Waals surface area contributed by atoms with Crippen LogP contribution in [0.5, 0.6) is 0 Å². The molecular formula is C9H4F15IO. The second kappa shape index (κ2) is 6.91. The van der Waals surface area contributed by atoms with E-state index in [0.717, 1.165) is 22.6 Å². The Balaban J connectivity index is 6.02. The maximum absolute atomic E-state index is 13.0. The summed E-state index contributed by atoms with van der Waals surface area (Å²) in [4.78, 5) is 0. The number of rotatable bonds is 8. The molecule has 0 aromatic carbocycles. The first-order valence-corrected chi connectivity index (χ1v) is 7.14. The highest BCUT2D eigenvalue weighted by atomic mass is 127. The fraction of sp³-hybridized carbons (Fsp3) is 1.00. The average molecular weight is 540 g/mol. The van der Waals surface area contributed by atoms with Gasteiger partial charge in [0.15, 0.2) is 0 Å². The molecule has 26 heavy (non-hydrogen) atoms. The molecule has 0 rings (SSSR count). The molecule has 0 heterocycles. The van der Waals surface area contributed by atoms with Crippen LogP contribution in [0.25, 0.3) is 0 Å². The zero-order valence-corrected chi connectivity index (χ0v) is 13.5. The monoisotopic (exact) mass is 540 g/mol. The van der Waals surface area contributed by atoms with Crippen LogP contribution in [0, 0.1) is 0 Å². The number of halogens is 16. The van der Waals surface area contributed by atoms with E-state index in [9.17, 15) is 65.9 Å². The SMILES string of the molecule is FC(F)(F)C(F)(F)C(F)(F)OC(F)(F)C(F)(F)C(F)(F)C(F)(F)CCI. The van der Waals surface area contributed by atoms with Crippen LogP contribution in [0.1, 0.15) is 6.42 Å². The lowest BCUT2D eigenvalue weighted by atomic mass is 10.0. The molecule has 0 radical (unpaired) electrons. The summed E-state index contributed by atoms with van der Waals surface area (Å²) in [5, 5.41) is 0. The Morgan fingerprint density at radius 2 is 0.885 bits per heavy atom. The normalized spacial score (nSPS) is 16.2. The van der Waals surface area contributed by atoms with Gasteiger partial charge in [-0.15, -0.1) is 0 Å². The van der Waals surface area contributed by atoms with Gasteiger partial charge in [0.1, 0.15) is 0 Å². The Kier molecular flexibility index (Phi) is 6.81. The third kappa shape index (κ3) is 4.06. The smallest absolute Gasteiger partial charge is 0.245 e. The van der Waals surface area contributed by atoms with Crippen molar-refractivity contribution in [2.45, 2.75) is 48.5 Å². The minimum Gasteiger partial charge on any atom is -0.245 e. The number of ether oxygens (including phenoxy) is 1. The Morgan fingerprint density at radius 3 is 1.19 bits per heavy atom. The van der Waals surface area contributed by atoms with Crippen LogP contribution >= 0.6 is 22.6 Å². The number of hydrogen-bond acceptors (Lipinski definition) is 1. The number of alkyl halides is 16. The maximum atomic E-state index is 13.0. The zero-order valence-electron chi connectivity index (χ0n) is 11.4. The van der Waals surface area contributed by atoms with Gasteiger partial charge in [-0.1, -0.05) is 22.6 Å². The van der Waals surface area contributed by atoms with Crippen molar-refractivity contribution in [1.82, 2.24) is 0 Å². The molecule has 0 aromatic heterocycles. The lowest BCUT2D eigenvalue weighted by Crippen LogP contribution is -2.66. The minimum absolute atomic E-state index is 0.922. The van der Waals surface area contributed by atoms with Crippen molar-refractivity contribution in [3.05, 3.63) is 0 Å². The fourth-order valence-electron chi connectivity index (χ4n) is 1.14. The quantitative estimate of drug-likeness (QED) is 0.205. The van der Waals surface area contributed by atoms with Gasteiger partial charge >= 0.3 is 42.1 Å². The van der Waals surface area contributed by atoms with Gasteiger partial charge in [-0.3, -0.25) is 0 Å². The zero-order chi connectivity index (χ0) is 21.6. The van der Waals surface area contributed by atoms with Gasteiger partial charge in [-0.25, -0.2) is 4.74 Å². The average Bonchev–Trinajstić information content (AvgIpc) is 2.34. The van der Waals surface area contributed by atoms with Crippen LogP contribution < -0.4 is 0 Å². The van der Waals surface area contributed by atoms with E-state index in [1.165, 1.54) is 4.74 Å². The molecule has 158 valence electrons. The minimum atomic E-state index is -7.60. The highest BCUT2D eigenvalue weighted by Crippen LogP contribution is 2.57. The third-order valence-electron chi connectivity index (χ3n) is 2.61. The summed E-state index contributed by atoms with van der Waals surface area (Å²) in [5.41, 5.74) is 0. The van der Waals surface area contributed by atoms with Crippen LogP contribution in [-0.2, 0) is 4.74 Å². The van der Waals surface area contributed by atoms with Crippen LogP contribution in [-0.4, -0.2) is 46.5 Å². The molecule has 0 fully saturated rings. The molecule has 0 spiro atoms. The molecule has 0 atom stereocenters. The predicted octanol–water partition coefficient (Wildman–Crippen LogP) is 6.12. The second-order valence-corrected chi connectivity index (χ2v) is 5.58. The van der Waals surface area contributed by atoms with Crippen molar-refractivity contribution in [2.75, 3.05) is 4.43 Å². The van der Waals surface area contributed by atoms with E-state index < -0.39 is 52.9 Å². The molecule has 0 aliphatic carbocycles. The first-order chi connectivity index (χ1) is 11.0. The summed E-state index contributed by atoms with van der Waals surface area (Å²) in [6.07, 6.45) is -24.6. The molecule has 0 aliphatic rings. The fourth-order valence-corrected chi connectivity index (χ4v) is 1.82. The van der Waals surface area contributed by atoms with Gasteiger partial charge in [0, 0.05) is 10.8 Å². The molecule has 0 unspecified atom stereocenters. The molecule has 0 bridgehead atoms.